The number of carboxylic acid groups (broad SMARTS) is 1. The van der Waals surface area contributed by atoms with Gasteiger partial charge in [0.15, 0.2) is 0 Å². The highest BCUT2D eigenvalue weighted by atomic mass is 32.2. The number of carboxylic acids is 1. The predicted molar refractivity (Wildman–Crippen MR) is 112 cm³/mol. The van der Waals surface area contributed by atoms with Crippen molar-refractivity contribution in [3.8, 4) is 0 Å². The van der Waals surface area contributed by atoms with E-state index in [1.807, 2.05) is 18.2 Å². The van der Waals surface area contributed by atoms with Gasteiger partial charge in [-0.05, 0) is 37.1 Å². The molecule has 4 rings (SSSR count). The smallest absolute Gasteiger partial charge is 0.323 e. The number of fused-ring (bicyclic) bond motifs is 3. The second kappa shape index (κ2) is 6.98. The maximum absolute atomic E-state index is 12.5. The van der Waals surface area contributed by atoms with Gasteiger partial charge in [0.2, 0.25) is 5.91 Å². The van der Waals surface area contributed by atoms with Gasteiger partial charge in [0, 0.05) is 28.4 Å². The number of hydrogen-bond donors (Lipinski definition) is 1. The van der Waals surface area contributed by atoms with E-state index in [-0.39, 0.29) is 17.7 Å². The van der Waals surface area contributed by atoms with Crippen LogP contribution in [0.4, 0.5) is 0 Å². The zero-order chi connectivity index (χ0) is 19.1. The molecule has 1 N–H and O–H groups in total. The quantitative estimate of drug-likeness (QED) is 0.665. The molecule has 0 bridgehead atoms. The van der Waals surface area contributed by atoms with Crippen molar-refractivity contribution in [2.24, 2.45) is 0 Å². The van der Waals surface area contributed by atoms with Gasteiger partial charge in [0.1, 0.15) is 10.9 Å². The van der Waals surface area contributed by atoms with Crippen molar-refractivity contribution in [2.75, 3.05) is 6.54 Å². The largest absolute Gasteiger partial charge is 0.480 e. The van der Waals surface area contributed by atoms with Crippen molar-refractivity contribution in [3.05, 3.63) is 48.0 Å². The van der Waals surface area contributed by atoms with Gasteiger partial charge in [-0.2, -0.15) is 0 Å². The van der Waals surface area contributed by atoms with Crippen LogP contribution in [0.15, 0.2) is 42.5 Å². The topological polar surface area (TPSA) is 62.5 Å². The van der Waals surface area contributed by atoms with Crippen LogP contribution in [0.5, 0.6) is 0 Å². The monoisotopic (exact) mass is 398 g/mol. The number of amides is 1. The molecule has 2 aromatic carbocycles. The van der Waals surface area contributed by atoms with Crippen molar-refractivity contribution >= 4 is 62.0 Å². The van der Waals surface area contributed by atoms with Crippen LogP contribution < -0.4 is 0 Å². The van der Waals surface area contributed by atoms with E-state index in [1.54, 1.807) is 0 Å². The zero-order valence-corrected chi connectivity index (χ0v) is 16.3. The fourth-order valence-electron chi connectivity index (χ4n) is 3.69. The highest BCUT2D eigenvalue weighted by Crippen LogP contribution is 2.33. The minimum Gasteiger partial charge on any atom is -0.480 e. The molecule has 3 aromatic rings. The maximum atomic E-state index is 12.5. The van der Waals surface area contributed by atoms with Gasteiger partial charge in [0.05, 0.1) is 5.25 Å². The van der Waals surface area contributed by atoms with Crippen LogP contribution >= 0.6 is 24.0 Å². The summed E-state index contributed by atoms with van der Waals surface area (Å²) in [4.78, 5) is 24.7. The molecule has 0 aliphatic carbocycles. The number of aryl methyl sites for hydroxylation is 1. The molecule has 0 saturated carbocycles. The van der Waals surface area contributed by atoms with Crippen LogP contribution in [0.2, 0.25) is 0 Å². The van der Waals surface area contributed by atoms with E-state index in [4.69, 9.17) is 17.3 Å². The summed E-state index contributed by atoms with van der Waals surface area (Å²) in [6, 6.07) is 14.6. The van der Waals surface area contributed by atoms with Crippen molar-refractivity contribution in [1.82, 2.24) is 9.47 Å². The number of carbonyl (C=O) groups excluding carboxylic acids is 1. The second-order valence-electron chi connectivity index (χ2n) is 6.51. The van der Waals surface area contributed by atoms with Gasteiger partial charge < -0.3 is 9.67 Å². The lowest BCUT2D eigenvalue weighted by atomic mass is 10.0. The lowest BCUT2D eigenvalue weighted by molar-refractivity contribution is -0.141. The number of thioether (sulfide) groups is 1. The number of hydrogen-bond acceptors (Lipinski definition) is 4. The summed E-state index contributed by atoms with van der Waals surface area (Å²) in [5.74, 6) is -1.27. The molecule has 0 spiro atoms. The molecule has 2 heterocycles. The Labute approximate surface area is 165 Å². The number of thiocarbonyl (C=S) groups is 1. The summed E-state index contributed by atoms with van der Waals surface area (Å²) in [7, 11) is 0. The highest BCUT2D eigenvalue weighted by Gasteiger charge is 2.37. The molecular formula is C20H18N2O3S2. The van der Waals surface area contributed by atoms with Gasteiger partial charge in [-0.3, -0.25) is 14.5 Å². The van der Waals surface area contributed by atoms with E-state index in [1.165, 1.54) is 38.5 Å². The molecule has 1 saturated heterocycles. The van der Waals surface area contributed by atoms with Crippen LogP contribution in [-0.2, 0) is 22.6 Å². The number of benzene rings is 2. The molecule has 1 atom stereocenters. The number of rotatable bonds is 5. The molecule has 1 unspecified atom stereocenters. The van der Waals surface area contributed by atoms with Gasteiger partial charge in [-0.15, -0.1) is 0 Å². The highest BCUT2D eigenvalue weighted by molar-refractivity contribution is 8.24. The molecular weight excluding hydrogens is 380 g/mol. The molecule has 138 valence electrons. The van der Waals surface area contributed by atoms with Crippen LogP contribution in [0.25, 0.3) is 21.8 Å². The lowest BCUT2D eigenvalue weighted by Crippen LogP contribution is -2.36. The Morgan fingerprint density at radius 3 is 2.67 bits per heavy atom. The summed E-state index contributed by atoms with van der Waals surface area (Å²) in [6.07, 6.45) is 0.529. The first-order chi connectivity index (χ1) is 13.0. The van der Waals surface area contributed by atoms with E-state index in [0.29, 0.717) is 10.7 Å². The molecule has 7 heteroatoms. The van der Waals surface area contributed by atoms with Crippen molar-refractivity contribution < 1.29 is 14.7 Å². The summed E-state index contributed by atoms with van der Waals surface area (Å²) >= 11 is 6.47. The third kappa shape index (κ3) is 3.11. The Hall–Kier alpha value is -2.38. The molecule has 0 radical (unpaired) electrons. The summed E-state index contributed by atoms with van der Waals surface area (Å²) < 4.78 is 2.63. The van der Waals surface area contributed by atoms with Crippen LogP contribution in [0.3, 0.4) is 0 Å². The third-order valence-corrected chi connectivity index (χ3v) is 6.46. The molecule has 27 heavy (non-hydrogen) atoms. The van der Waals surface area contributed by atoms with Gasteiger partial charge in [-0.1, -0.05) is 48.2 Å². The van der Waals surface area contributed by atoms with E-state index in [9.17, 15) is 9.59 Å². The van der Waals surface area contributed by atoms with E-state index in [2.05, 4.69) is 35.8 Å². The van der Waals surface area contributed by atoms with Crippen LogP contribution in [-0.4, -0.2) is 42.6 Å². The van der Waals surface area contributed by atoms with Crippen molar-refractivity contribution in [2.45, 2.75) is 25.1 Å². The average Bonchev–Trinajstić information content (AvgIpc) is 3.10. The summed E-state index contributed by atoms with van der Waals surface area (Å²) in [6.45, 7) is 2.65. The Morgan fingerprint density at radius 2 is 1.93 bits per heavy atom. The van der Waals surface area contributed by atoms with Gasteiger partial charge >= 0.3 is 5.97 Å². The van der Waals surface area contributed by atoms with Crippen molar-refractivity contribution in [1.29, 1.82) is 0 Å². The normalized spacial score (nSPS) is 17.4. The number of aromatic nitrogens is 1. The summed E-state index contributed by atoms with van der Waals surface area (Å²) in [5, 5.41) is 11.0. The number of aliphatic carboxylic acids is 1. The molecule has 5 nitrogen and oxygen atoms in total. The maximum Gasteiger partial charge on any atom is 0.323 e. The third-order valence-electron chi connectivity index (χ3n) is 4.87. The Bertz CT molecular complexity index is 1090. The Balaban J connectivity index is 1.67. The van der Waals surface area contributed by atoms with E-state index in [0.717, 1.165) is 12.1 Å². The minimum absolute atomic E-state index is 0.219. The second-order valence-corrected chi connectivity index (χ2v) is 8.34. The number of para-hydroxylation sites is 1. The Kier molecular flexibility index (Phi) is 4.65. The molecule has 1 amide bonds. The predicted octanol–water partition coefficient (Wildman–Crippen LogP) is 3.67. The fourth-order valence-corrected chi connectivity index (χ4v) is 5.22. The Morgan fingerprint density at radius 1 is 1.19 bits per heavy atom. The number of carbonyl (C=O) groups is 2. The van der Waals surface area contributed by atoms with Gasteiger partial charge in [-0.25, -0.2) is 0 Å². The SMILES string of the molecule is CCn1c2ccccc2c2cc(CC3SC(=S)N(CC(=O)O)C3=O)ccc21. The van der Waals surface area contributed by atoms with Crippen molar-refractivity contribution in [3.63, 3.8) is 0 Å². The average molecular weight is 399 g/mol. The molecule has 1 aliphatic rings. The first-order valence-electron chi connectivity index (χ1n) is 8.73. The van der Waals surface area contributed by atoms with E-state index >= 15 is 0 Å². The molecule has 1 aromatic heterocycles. The van der Waals surface area contributed by atoms with Crippen LogP contribution in [0.1, 0.15) is 12.5 Å². The summed E-state index contributed by atoms with van der Waals surface area (Å²) in [5.41, 5.74) is 3.43. The van der Waals surface area contributed by atoms with E-state index < -0.39 is 5.97 Å². The standard InChI is InChI=1S/C20H18N2O3S2/c1-2-21-15-6-4-3-5-13(15)14-9-12(7-8-16(14)21)10-17-19(25)22(11-18(23)24)20(26)27-17/h3-9,17H,2,10-11H2,1H3,(H,23,24). The van der Waals surface area contributed by atoms with Crippen LogP contribution in [0, 0.1) is 0 Å². The number of nitrogens with zero attached hydrogens (tertiary/aromatic N) is 2. The first kappa shape index (κ1) is 18.0. The minimum atomic E-state index is -1.05. The molecule has 1 fully saturated rings. The fraction of sp³-hybridized carbons (Fsp3) is 0.250. The van der Waals surface area contributed by atoms with Gasteiger partial charge in [0.25, 0.3) is 0 Å². The zero-order valence-electron chi connectivity index (χ0n) is 14.7. The lowest BCUT2D eigenvalue weighted by Gasteiger charge is -2.12. The molecule has 1 aliphatic heterocycles. The first-order valence-corrected chi connectivity index (χ1v) is 10.0.